The van der Waals surface area contributed by atoms with Crippen LogP contribution in [0.15, 0.2) is 45.1 Å². The van der Waals surface area contributed by atoms with Crippen LogP contribution in [0.3, 0.4) is 0 Å². The Labute approximate surface area is 123 Å². The Morgan fingerprint density at radius 3 is 2.89 bits per heavy atom. The molecule has 0 saturated heterocycles. The first kappa shape index (κ1) is 14.0. The van der Waals surface area contributed by atoms with E-state index in [0.717, 1.165) is 9.35 Å². The van der Waals surface area contributed by atoms with Crippen molar-refractivity contribution in [2.24, 2.45) is 0 Å². The molecule has 0 aliphatic rings. The van der Waals surface area contributed by atoms with Crippen molar-refractivity contribution in [3.8, 4) is 0 Å². The molecule has 0 fully saturated rings. The van der Waals surface area contributed by atoms with Crippen molar-refractivity contribution >= 4 is 33.2 Å². The van der Waals surface area contributed by atoms with Gasteiger partial charge in [-0.3, -0.25) is 9.59 Å². The molecule has 2 aromatic rings. The maximum Gasteiger partial charge on any atom is 0.251 e. The van der Waals surface area contributed by atoms with Gasteiger partial charge >= 0.3 is 0 Å². The normalized spacial score (nSPS) is 10.4. The second-order valence-corrected chi connectivity index (χ2v) is 6.09. The molecule has 1 amide bonds. The Morgan fingerprint density at radius 1 is 1.42 bits per heavy atom. The summed E-state index contributed by atoms with van der Waals surface area (Å²) in [6.07, 6.45) is 1.62. The van der Waals surface area contributed by atoms with Crippen molar-refractivity contribution in [1.29, 1.82) is 0 Å². The quantitative estimate of drug-likeness (QED) is 0.857. The van der Waals surface area contributed by atoms with Gasteiger partial charge in [0.1, 0.15) is 6.54 Å². The van der Waals surface area contributed by atoms with Crippen LogP contribution in [0.1, 0.15) is 4.88 Å². The molecule has 0 N–H and O–H groups in total. The van der Waals surface area contributed by atoms with E-state index >= 15 is 0 Å². The molecule has 0 spiro atoms. The highest BCUT2D eigenvalue weighted by Crippen LogP contribution is 2.11. The van der Waals surface area contributed by atoms with Crippen molar-refractivity contribution in [3.05, 3.63) is 55.5 Å². The van der Waals surface area contributed by atoms with Gasteiger partial charge in [0.25, 0.3) is 5.56 Å². The third-order valence-electron chi connectivity index (χ3n) is 2.65. The van der Waals surface area contributed by atoms with E-state index in [9.17, 15) is 9.59 Å². The van der Waals surface area contributed by atoms with E-state index in [2.05, 4.69) is 15.9 Å². The molecule has 2 heterocycles. The van der Waals surface area contributed by atoms with Crippen LogP contribution in [0.25, 0.3) is 0 Å². The van der Waals surface area contributed by atoms with Crippen LogP contribution in [0.4, 0.5) is 0 Å². The Balaban J connectivity index is 2.04. The molecule has 0 atom stereocenters. The smallest absolute Gasteiger partial charge is 0.251 e. The van der Waals surface area contributed by atoms with Crippen molar-refractivity contribution < 1.29 is 4.79 Å². The predicted octanol–water partition coefficient (Wildman–Crippen LogP) is 2.33. The average Bonchev–Trinajstić information content (AvgIpc) is 2.86. The number of hydrogen-bond acceptors (Lipinski definition) is 3. The lowest BCUT2D eigenvalue weighted by Gasteiger charge is -2.17. The largest absolute Gasteiger partial charge is 0.339 e. The van der Waals surface area contributed by atoms with Crippen LogP contribution in [-0.2, 0) is 17.9 Å². The molecule has 0 aliphatic heterocycles. The molecular weight excluding hydrogens is 328 g/mol. The van der Waals surface area contributed by atoms with Gasteiger partial charge in [-0.2, -0.15) is 0 Å². The number of aromatic nitrogens is 1. The molecule has 0 unspecified atom stereocenters. The van der Waals surface area contributed by atoms with Gasteiger partial charge in [0, 0.05) is 28.7 Å². The topological polar surface area (TPSA) is 42.3 Å². The summed E-state index contributed by atoms with van der Waals surface area (Å²) in [5.41, 5.74) is -0.180. The Kier molecular flexibility index (Phi) is 4.55. The lowest BCUT2D eigenvalue weighted by molar-refractivity contribution is -0.131. The number of thiophene rings is 1. The zero-order valence-corrected chi connectivity index (χ0v) is 12.8. The zero-order chi connectivity index (χ0) is 13.8. The predicted molar refractivity (Wildman–Crippen MR) is 79.2 cm³/mol. The molecular formula is C13H13BrN2O2S. The molecule has 0 aliphatic carbocycles. The summed E-state index contributed by atoms with van der Waals surface area (Å²) in [6.45, 7) is 0.624. The van der Waals surface area contributed by atoms with Crippen LogP contribution >= 0.6 is 27.3 Å². The highest BCUT2D eigenvalue weighted by atomic mass is 79.9. The fourth-order valence-electron chi connectivity index (χ4n) is 1.62. The van der Waals surface area contributed by atoms with Crippen molar-refractivity contribution in [2.45, 2.75) is 13.1 Å². The highest BCUT2D eigenvalue weighted by molar-refractivity contribution is 9.10. The first-order valence-electron chi connectivity index (χ1n) is 5.68. The Bertz CT molecular complexity index is 622. The summed E-state index contributed by atoms with van der Waals surface area (Å²) >= 11 is 4.90. The summed E-state index contributed by atoms with van der Waals surface area (Å²) in [7, 11) is 1.74. The number of hydrogen-bond donors (Lipinski definition) is 0. The molecule has 2 rings (SSSR count). The summed E-state index contributed by atoms with van der Waals surface area (Å²) < 4.78 is 2.18. The second kappa shape index (κ2) is 6.16. The maximum absolute atomic E-state index is 12.1. The molecule has 100 valence electrons. The van der Waals surface area contributed by atoms with E-state index in [-0.39, 0.29) is 18.0 Å². The number of carbonyl (C=O) groups is 1. The van der Waals surface area contributed by atoms with Gasteiger partial charge in [-0.1, -0.05) is 6.07 Å². The van der Waals surface area contributed by atoms with Gasteiger partial charge in [-0.05, 0) is 33.4 Å². The molecule has 2 aromatic heterocycles. The Morgan fingerprint density at radius 2 is 2.21 bits per heavy atom. The lowest BCUT2D eigenvalue weighted by atomic mass is 10.4. The van der Waals surface area contributed by atoms with E-state index < -0.39 is 0 Å². The second-order valence-electron chi connectivity index (χ2n) is 4.14. The minimum absolute atomic E-state index is 0.0557. The monoisotopic (exact) mass is 340 g/mol. The number of carbonyl (C=O) groups excluding carboxylic acids is 1. The average molecular weight is 341 g/mol. The summed E-state index contributed by atoms with van der Waals surface area (Å²) in [4.78, 5) is 26.4. The molecule has 4 nitrogen and oxygen atoms in total. The first-order chi connectivity index (χ1) is 9.06. The van der Waals surface area contributed by atoms with Crippen molar-refractivity contribution in [2.75, 3.05) is 7.05 Å². The van der Waals surface area contributed by atoms with Gasteiger partial charge in [0.15, 0.2) is 0 Å². The summed E-state index contributed by atoms with van der Waals surface area (Å²) in [5, 5.41) is 1.98. The SMILES string of the molecule is CN(Cc1cccs1)C(=O)Cn1cc(Br)ccc1=O. The zero-order valence-electron chi connectivity index (χ0n) is 10.4. The fourth-order valence-corrected chi connectivity index (χ4v) is 2.75. The number of pyridine rings is 1. The highest BCUT2D eigenvalue weighted by Gasteiger charge is 2.11. The van der Waals surface area contributed by atoms with Gasteiger partial charge in [-0.15, -0.1) is 11.3 Å². The maximum atomic E-state index is 12.1. The molecule has 0 radical (unpaired) electrons. The van der Waals surface area contributed by atoms with Gasteiger partial charge in [0.2, 0.25) is 5.91 Å². The van der Waals surface area contributed by atoms with E-state index in [1.54, 1.807) is 35.5 Å². The minimum Gasteiger partial charge on any atom is -0.339 e. The van der Waals surface area contributed by atoms with Crippen molar-refractivity contribution in [3.63, 3.8) is 0 Å². The number of halogens is 1. The third kappa shape index (κ3) is 3.78. The number of likely N-dealkylation sites (N-methyl/N-ethyl adjacent to an activating group) is 1. The van der Waals surface area contributed by atoms with Crippen LogP contribution in [-0.4, -0.2) is 22.4 Å². The number of rotatable bonds is 4. The van der Waals surface area contributed by atoms with Crippen LogP contribution in [0, 0.1) is 0 Å². The van der Waals surface area contributed by atoms with E-state index in [4.69, 9.17) is 0 Å². The number of amides is 1. The standard InChI is InChI=1S/C13H13BrN2O2S/c1-15(8-11-3-2-6-19-11)13(18)9-16-7-10(14)4-5-12(16)17/h2-7H,8-9H2,1H3. The summed E-state index contributed by atoms with van der Waals surface area (Å²) in [5.74, 6) is -0.0893. The minimum atomic E-state index is -0.180. The van der Waals surface area contributed by atoms with Gasteiger partial charge in [-0.25, -0.2) is 0 Å². The molecule has 0 saturated carbocycles. The van der Waals surface area contributed by atoms with E-state index in [1.165, 1.54) is 10.6 Å². The van der Waals surface area contributed by atoms with Gasteiger partial charge < -0.3 is 9.47 Å². The molecule has 19 heavy (non-hydrogen) atoms. The van der Waals surface area contributed by atoms with Crippen molar-refractivity contribution in [1.82, 2.24) is 9.47 Å². The summed E-state index contributed by atoms with van der Waals surface area (Å²) in [6, 6.07) is 7.05. The lowest BCUT2D eigenvalue weighted by Crippen LogP contribution is -2.33. The van der Waals surface area contributed by atoms with E-state index in [1.807, 2.05) is 17.5 Å². The van der Waals surface area contributed by atoms with Crippen LogP contribution in [0.2, 0.25) is 0 Å². The number of nitrogens with zero attached hydrogens (tertiary/aromatic N) is 2. The molecule has 6 heteroatoms. The van der Waals surface area contributed by atoms with Crippen LogP contribution in [0.5, 0.6) is 0 Å². The van der Waals surface area contributed by atoms with Gasteiger partial charge in [0.05, 0.1) is 6.54 Å². The van der Waals surface area contributed by atoms with Crippen LogP contribution < -0.4 is 5.56 Å². The third-order valence-corrected chi connectivity index (χ3v) is 3.98. The molecule has 0 bridgehead atoms. The Hall–Kier alpha value is -1.40. The first-order valence-corrected chi connectivity index (χ1v) is 7.36. The van der Waals surface area contributed by atoms with E-state index in [0.29, 0.717) is 6.54 Å². The fraction of sp³-hybridized carbons (Fsp3) is 0.231. The molecule has 0 aromatic carbocycles.